The summed E-state index contributed by atoms with van der Waals surface area (Å²) in [6, 6.07) is 7.01. The first kappa shape index (κ1) is 15.2. The van der Waals surface area contributed by atoms with Gasteiger partial charge >= 0.3 is 0 Å². The fourth-order valence-corrected chi connectivity index (χ4v) is 1.61. The van der Waals surface area contributed by atoms with Crippen molar-refractivity contribution < 1.29 is 14.6 Å². The Morgan fingerprint density at radius 3 is 2.95 bits per heavy atom. The summed E-state index contributed by atoms with van der Waals surface area (Å²) in [7, 11) is 1.61. The number of carbonyl (C=O) groups excluding carboxylic acids is 1. The highest BCUT2D eigenvalue weighted by Crippen LogP contribution is 2.05. The fraction of sp³-hybridized carbons (Fsp3) is 0.400. The summed E-state index contributed by atoms with van der Waals surface area (Å²) in [5.74, 6) is 5.19. The van der Waals surface area contributed by atoms with Gasteiger partial charge in [-0.05, 0) is 24.6 Å². The van der Waals surface area contributed by atoms with Crippen LogP contribution in [-0.4, -0.2) is 37.4 Å². The van der Waals surface area contributed by atoms with E-state index in [-0.39, 0.29) is 18.6 Å². The van der Waals surface area contributed by atoms with Gasteiger partial charge in [-0.2, -0.15) is 0 Å². The molecule has 19 heavy (non-hydrogen) atoms. The van der Waals surface area contributed by atoms with Crippen LogP contribution in [0.4, 0.5) is 0 Å². The van der Waals surface area contributed by atoms with Crippen molar-refractivity contribution in [1.82, 2.24) is 5.32 Å². The minimum atomic E-state index is -0.192. The van der Waals surface area contributed by atoms with Crippen LogP contribution >= 0.6 is 0 Å². The van der Waals surface area contributed by atoms with Crippen molar-refractivity contribution >= 4 is 5.91 Å². The van der Waals surface area contributed by atoms with Gasteiger partial charge in [0.15, 0.2) is 0 Å². The fourth-order valence-electron chi connectivity index (χ4n) is 1.61. The second-order valence-corrected chi connectivity index (χ2v) is 4.07. The number of hydrogen-bond acceptors (Lipinski definition) is 3. The van der Waals surface area contributed by atoms with E-state index in [1.807, 2.05) is 6.92 Å². The second kappa shape index (κ2) is 8.30. The average Bonchev–Trinajstić information content (AvgIpc) is 2.44. The molecule has 4 nitrogen and oxygen atoms in total. The van der Waals surface area contributed by atoms with Gasteiger partial charge in [-0.25, -0.2) is 0 Å². The van der Waals surface area contributed by atoms with Gasteiger partial charge in [-0.1, -0.05) is 24.8 Å². The molecule has 1 atom stereocenters. The van der Waals surface area contributed by atoms with E-state index in [0.29, 0.717) is 17.7 Å². The summed E-state index contributed by atoms with van der Waals surface area (Å²) in [4.78, 5) is 12.1. The molecule has 0 aliphatic heterocycles. The molecule has 0 aliphatic carbocycles. The molecule has 1 rings (SSSR count). The quantitative estimate of drug-likeness (QED) is 0.783. The highest BCUT2D eigenvalue weighted by atomic mass is 16.5. The molecule has 0 saturated carbocycles. The molecule has 0 aliphatic rings. The number of rotatable bonds is 5. The van der Waals surface area contributed by atoms with Gasteiger partial charge in [0.1, 0.15) is 6.61 Å². The SMILES string of the molecule is CCC(COC)NC(=O)c1cccc(C#CCO)c1. The predicted molar refractivity (Wildman–Crippen MR) is 73.8 cm³/mol. The normalized spacial score (nSPS) is 11.3. The van der Waals surface area contributed by atoms with Crippen molar-refractivity contribution in [3.8, 4) is 11.8 Å². The summed E-state index contributed by atoms with van der Waals surface area (Å²) >= 11 is 0. The summed E-state index contributed by atoms with van der Waals surface area (Å²) < 4.78 is 5.04. The van der Waals surface area contributed by atoms with E-state index in [2.05, 4.69) is 17.2 Å². The Labute approximate surface area is 113 Å². The lowest BCUT2D eigenvalue weighted by molar-refractivity contribution is 0.0894. The average molecular weight is 261 g/mol. The topological polar surface area (TPSA) is 58.6 Å². The zero-order valence-corrected chi connectivity index (χ0v) is 11.3. The van der Waals surface area contributed by atoms with Crippen LogP contribution in [-0.2, 0) is 4.74 Å². The molecule has 2 N–H and O–H groups in total. The van der Waals surface area contributed by atoms with Gasteiger partial charge < -0.3 is 15.2 Å². The Bertz CT molecular complexity index is 474. The predicted octanol–water partition coefficient (Wildman–Crippen LogP) is 1.19. The van der Waals surface area contributed by atoms with Crippen LogP contribution in [0.15, 0.2) is 24.3 Å². The molecule has 1 amide bonds. The Balaban J connectivity index is 2.76. The summed E-state index contributed by atoms with van der Waals surface area (Å²) in [6.07, 6.45) is 0.809. The van der Waals surface area contributed by atoms with Crippen molar-refractivity contribution in [2.75, 3.05) is 20.3 Å². The van der Waals surface area contributed by atoms with Gasteiger partial charge in [-0.15, -0.1) is 0 Å². The van der Waals surface area contributed by atoms with E-state index < -0.39 is 0 Å². The zero-order chi connectivity index (χ0) is 14.1. The lowest BCUT2D eigenvalue weighted by Gasteiger charge is -2.15. The molecular weight excluding hydrogens is 242 g/mol. The maximum Gasteiger partial charge on any atom is 0.251 e. The molecule has 4 heteroatoms. The first-order valence-electron chi connectivity index (χ1n) is 6.20. The van der Waals surface area contributed by atoms with Crippen LogP contribution in [0.2, 0.25) is 0 Å². The Morgan fingerprint density at radius 2 is 2.32 bits per heavy atom. The lowest BCUT2D eigenvalue weighted by atomic mass is 10.1. The Hall–Kier alpha value is -1.83. The van der Waals surface area contributed by atoms with Crippen LogP contribution < -0.4 is 5.32 Å². The number of aliphatic hydroxyl groups excluding tert-OH is 1. The molecule has 0 aromatic heterocycles. The third kappa shape index (κ3) is 5.12. The van der Waals surface area contributed by atoms with Crippen molar-refractivity contribution in [3.63, 3.8) is 0 Å². The molecule has 0 heterocycles. The second-order valence-electron chi connectivity index (χ2n) is 4.07. The first-order chi connectivity index (χ1) is 9.21. The van der Waals surface area contributed by atoms with Crippen molar-refractivity contribution in [2.45, 2.75) is 19.4 Å². The molecule has 1 aromatic rings. The number of amides is 1. The third-order valence-corrected chi connectivity index (χ3v) is 2.63. The largest absolute Gasteiger partial charge is 0.384 e. The lowest BCUT2D eigenvalue weighted by Crippen LogP contribution is -2.37. The molecule has 1 unspecified atom stereocenters. The van der Waals surface area contributed by atoms with Crippen LogP contribution in [0.3, 0.4) is 0 Å². The number of methoxy groups -OCH3 is 1. The minimum Gasteiger partial charge on any atom is -0.384 e. The van der Waals surface area contributed by atoms with Crippen LogP contribution in [0.1, 0.15) is 29.3 Å². The first-order valence-corrected chi connectivity index (χ1v) is 6.20. The van der Waals surface area contributed by atoms with Gasteiger partial charge in [-0.3, -0.25) is 4.79 Å². The van der Waals surface area contributed by atoms with Crippen molar-refractivity contribution in [3.05, 3.63) is 35.4 Å². The molecule has 0 saturated heterocycles. The van der Waals surface area contributed by atoms with E-state index in [4.69, 9.17) is 9.84 Å². The maximum absolute atomic E-state index is 12.1. The van der Waals surface area contributed by atoms with Crippen LogP contribution in [0.25, 0.3) is 0 Å². The van der Waals surface area contributed by atoms with Gasteiger partial charge in [0.2, 0.25) is 0 Å². The molecule has 0 bridgehead atoms. The van der Waals surface area contributed by atoms with E-state index in [1.54, 1.807) is 31.4 Å². The van der Waals surface area contributed by atoms with E-state index in [1.165, 1.54) is 0 Å². The third-order valence-electron chi connectivity index (χ3n) is 2.63. The van der Waals surface area contributed by atoms with Gasteiger partial charge in [0.05, 0.1) is 12.6 Å². The maximum atomic E-state index is 12.1. The molecule has 1 aromatic carbocycles. The monoisotopic (exact) mass is 261 g/mol. The van der Waals surface area contributed by atoms with E-state index in [9.17, 15) is 4.79 Å². The Kier molecular flexibility index (Phi) is 6.65. The summed E-state index contributed by atoms with van der Waals surface area (Å²) in [5.41, 5.74) is 1.26. The number of aliphatic hydroxyl groups is 1. The number of carbonyl (C=O) groups is 1. The van der Waals surface area contributed by atoms with Gasteiger partial charge in [0.25, 0.3) is 5.91 Å². The molecule has 0 spiro atoms. The number of hydrogen-bond donors (Lipinski definition) is 2. The summed E-state index contributed by atoms with van der Waals surface area (Å²) in [6.45, 7) is 2.29. The van der Waals surface area contributed by atoms with Crippen molar-refractivity contribution in [1.29, 1.82) is 0 Å². The molecule has 0 radical (unpaired) electrons. The van der Waals surface area contributed by atoms with Crippen molar-refractivity contribution in [2.24, 2.45) is 0 Å². The highest BCUT2D eigenvalue weighted by molar-refractivity contribution is 5.94. The Morgan fingerprint density at radius 1 is 1.53 bits per heavy atom. The smallest absolute Gasteiger partial charge is 0.251 e. The molecule has 102 valence electrons. The van der Waals surface area contributed by atoms with E-state index >= 15 is 0 Å². The van der Waals surface area contributed by atoms with Crippen LogP contribution in [0.5, 0.6) is 0 Å². The van der Waals surface area contributed by atoms with Crippen LogP contribution in [0, 0.1) is 11.8 Å². The van der Waals surface area contributed by atoms with Gasteiger partial charge in [0, 0.05) is 18.2 Å². The zero-order valence-electron chi connectivity index (χ0n) is 11.3. The summed E-state index contributed by atoms with van der Waals surface area (Å²) in [5, 5.41) is 11.6. The molecule has 0 fully saturated rings. The van der Waals surface area contributed by atoms with E-state index in [0.717, 1.165) is 6.42 Å². The number of benzene rings is 1. The highest BCUT2D eigenvalue weighted by Gasteiger charge is 2.11. The molecular formula is C15H19NO3. The number of nitrogens with one attached hydrogen (secondary N) is 1. The standard InChI is InChI=1S/C15H19NO3/c1-3-14(11-19-2)16-15(18)13-8-4-6-12(10-13)7-5-9-17/h4,6,8,10,14,17H,3,9,11H2,1-2H3,(H,16,18). The minimum absolute atomic E-state index is 0.00434. The number of ether oxygens (including phenoxy) is 1.